The van der Waals surface area contributed by atoms with Crippen molar-refractivity contribution in [2.45, 2.75) is 53.4 Å². The van der Waals surface area contributed by atoms with E-state index >= 15 is 0 Å². The molecule has 0 aliphatic heterocycles. The van der Waals surface area contributed by atoms with Gasteiger partial charge in [0, 0.05) is 6.61 Å². The molecule has 3 atom stereocenters. The van der Waals surface area contributed by atoms with Crippen molar-refractivity contribution in [1.29, 1.82) is 0 Å². The van der Waals surface area contributed by atoms with Crippen LogP contribution in [0.25, 0.3) is 0 Å². The van der Waals surface area contributed by atoms with Crippen LogP contribution < -0.4 is 0 Å². The van der Waals surface area contributed by atoms with Crippen molar-refractivity contribution in [2.75, 3.05) is 6.61 Å². The average Bonchev–Trinajstić information content (AvgIpc) is 2.57. The predicted octanol–water partition coefficient (Wildman–Crippen LogP) is 3.47. The Labute approximate surface area is 88.9 Å². The Morgan fingerprint density at radius 2 is 1.86 bits per heavy atom. The number of hydrogen-bond acceptors (Lipinski definition) is 1. The van der Waals surface area contributed by atoms with Gasteiger partial charge in [0.05, 0.1) is 0 Å². The standard InChI is InChI=1S/C13H26O/c1-10(5-6-14)7-11(2)8-12-9-13(12,3)4/h10-12,14H,5-9H2,1-4H3. The maximum Gasteiger partial charge on any atom is 0.0433 e. The lowest BCUT2D eigenvalue weighted by Crippen LogP contribution is -2.07. The van der Waals surface area contributed by atoms with E-state index in [0.717, 1.165) is 18.3 Å². The molecular weight excluding hydrogens is 172 g/mol. The second-order valence-corrected chi connectivity index (χ2v) is 6.08. The van der Waals surface area contributed by atoms with Gasteiger partial charge in [-0.25, -0.2) is 0 Å². The van der Waals surface area contributed by atoms with Crippen LogP contribution in [-0.2, 0) is 0 Å². The van der Waals surface area contributed by atoms with E-state index < -0.39 is 0 Å². The Kier molecular flexibility index (Phi) is 4.00. The Morgan fingerprint density at radius 1 is 1.29 bits per heavy atom. The molecule has 3 unspecified atom stereocenters. The summed E-state index contributed by atoms with van der Waals surface area (Å²) < 4.78 is 0. The highest BCUT2D eigenvalue weighted by Gasteiger charge is 2.45. The molecular formula is C13H26O. The minimum absolute atomic E-state index is 0.350. The summed E-state index contributed by atoms with van der Waals surface area (Å²) in [6.07, 6.45) is 5.07. The predicted molar refractivity (Wildman–Crippen MR) is 61.2 cm³/mol. The number of rotatable bonds is 6. The topological polar surface area (TPSA) is 20.2 Å². The van der Waals surface area contributed by atoms with E-state index in [-0.39, 0.29) is 0 Å². The third-order valence-corrected chi connectivity index (χ3v) is 3.83. The van der Waals surface area contributed by atoms with Gasteiger partial charge < -0.3 is 5.11 Å². The fourth-order valence-corrected chi connectivity index (χ4v) is 2.59. The van der Waals surface area contributed by atoms with Gasteiger partial charge in [0.15, 0.2) is 0 Å². The Morgan fingerprint density at radius 3 is 2.29 bits per heavy atom. The summed E-state index contributed by atoms with van der Waals surface area (Å²) in [4.78, 5) is 0. The lowest BCUT2D eigenvalue weighted by molar-refractivity contribution is 0.244. The van der Waals surface area contributed by atoms with Gasteiger partial charge in [0.25, 0.3) is 0 Å². The number of aliphatic hydroxyl groups excluding tert-OH is 1. The molecule has 1 nitrogen and oxygen atoms in total. The third-order valence-electron chi connectivity index (χ3n) is 3.83. The lowest BCUT2D eigenvalue weighted by Gasteiger charge is -2.17. The van der Waals surface area contributed by atoms with Gasteiger partial charge in [-0.15, -0.1) is 0 Å². The minimum atomic E-state index is 0.350. The molecule has 0 aromatic heterocycles. The van der Waals surface area contributed by atoms with Crippen LogP contribution >= 0.6 is 0 Å². The molecule has 0 radical (unpaired) electrons. The molecule has 1 rings (SSSR count). The van der Waals surface area contributed by atoms with E-state index in [0.29, 0.717) is 17.9 Å². The lowest BCUT2D eigenvalue weighted by atomic mass is 9.90. The molecule has 1 aliphatic rings. The average molecular weight is 198 g/mol. The molecule has 0 heterocycles. The molecule has 84 valence electrons. The van der Waals surface area contributed by atoms with Crippen molar-refractivity contribution in [2.24, 2.45) is 23.2 Å². The first-order valence-corrected chi connectivity index (χ1v) is 6.06. The molecule has 1 N–H and O–H groups in total. The molecule has 14 heavy (non-hydrogen) atoms. The normalized spacial score (nSPS) is 28.5. The van der Waals surface area contributed by atoms with Gasteiger partial charge in [-0.3, -0.25) is 0 Å². The van der Waals surface area contributed by atoms with Gasteiger partial charge in [0.2, 0.25) is 0 Å². The molecule has 1 aliphatic carbocycles. The van der Waals surface area contributed by atoms with E-state index in [1.807, 2.05) is 0 Å². The summed E-state index contributed by atoms with van der Waals surface area (Å²) in [5.41, 5.74) is 0.633. The largest absolute Gasteiger partial charge is 0.396 e. The molecule has 1 saturated carbocycles. The zero-order chi connectivity index (χ0) is 10.8. The van der Waals surface area contributed by atoms with E-state index in [4.69, 9.17) is 5.11 Å². The summed E-state index contributed by atoms with van der Waals surface area (Å²) in [6, 6.07) is 0. The third kappa shape index (κ3) is 3.61. The molecule has 0 aromatic carbocycles. The smallest absolute Gasteiger partial charge is 0.0433 e. The first-order valence-electron chi connectivity index (χ1n) is 6.06. The van der Waals surface area contributed by atoms with E-state index in [1.165, 1.54) is 19.3 Å². The van der Waals surface area contributed by atoms with E-state index in [9.17, 15) is 0 Å². The monoisotopic (exact) mass is 198 g/mol. The fourth-order valence-electron chi connectivity index (χ4n) is 2.59. The van der Waals surface area contributed by atoms with Crippen LogP contribution in [0.1, 0.15) is 53.4 Å². The summed E-state index contributed by atoms with van der Waals surface area (Å²) >= 11 is 0. The summed E-state index contributed by atoms with van der Waals surface area (Å²) in [7, 11) is 0. The first-order chi connectivity index (χ1) is 6.45. The highest BCUT2D eigenvalue weighted by atomic mass is 16.3. The van der Waals surface area contributed by atoms with Crippen LogP contribution in [0.3, 0.4) is 0 Å². The SMILES string of the molecule is CC(CCO)CC(C)CC1CC1(C)C. The van der Waals surface area contributed by atoms with Gasteiger partial charge >= 0.3 is 0 Å². The maximum absolute atomic E-state index is 8.83. The maximum atomic E-state index is 8.83. The van der Waals surface area contributed by atoms with E-state index in [1.54, 1.807) is 0 Å². The van der Waals surface area contributed by atoms with Crippen LogP contribution in [0.4, 0.5) is 0 Å². The highest BCUT2D eigenvalue weighted by molar-refractivity contribution is 4.95. The summed E-state index contributed by atoms with van der Waals surface area (Å²) in [5.74, 6) is 2.50. The van der Waals surface area contributed by atoms with Crippen LogP contribution in [-0.4, -0.2) is 11.7 Å². The van der Waals surface area contributed by atoms with E-state index in [2.05, 4.69) is 27.7 Å². The van der Waals surface area contributed by atoms with Gasteiger partial charge in [0.1, 0.15) is 0 Å². The molecule has 1 heteroatoms. The van der Waals surface area contributed by atoms with Crippen LogP contribution in [0, 0.1) is 23.2 Å². The van der Waals surface area contributed by atoms with Gasteiger partial charge in [-0.2, -0.15) is 0 Å². The molecule has 0 amide bonds. The van der Waals surface area contributed by atoms with Crippen molar-refractivity contribution in [3.05, 3.63) is 0 Å². The second kappa shape index (κ2) is 4.65. The van der Waals surface area contributed by atoms with Crippen molar-refractivity contribution in [1.82, 2.24) is 0 Å². The highest BCUT2D eigenvalue weighted by Crippen LogP contribution is 2.55. The molecule has 0 bridgehead atoms. The van der Waals surface area contributed by atoms with Crippen molar-refractivity contribution >= 4 is 0 Å². The quantitative estimate of drug-likeness (QED) is 0.693. The second-order valence-electron chi connectivity index (χ2n) is 6.08. The molecule has 1 fully saturated rings. The Balaban J connectivity index is 2.13. The van der Waals surface area contributed by atoms with Crippen LogP contribution in [0.15, 0.2) is 0 Å². The molecule has 0 spiro atoms. The molecule has 0 saturated heterocycles. The Hall–Kier alpha value is -0.0400. The number of aliphatic hydroxyl groups is 1. The molecule has 0 aromatic rings. The summed E-state index contributed by atoms with van der Waals surface area (Å²) in [6.45, 7) is 9.72. The Bertz CT molecular complexity index is 174. The van der Waals surface area contributed by atoms with Crippen molar-refractivity contribution < 1.29 is 5.11 Å². The van der Waals surface area contributed by atoms with Crippen LogP contribution in [0.2, 0.25) is 0 Å². The summed E-state index contributed by atoms with van der Waals surface area (Å²) in [5, 5.41) is 8.83. The van der Waals surface area contributed by atoms with Crippen molar-refractivity contribution in [3.63, 3.8) is 0 Å². The minimum Gasteiger partial charge on any atom is -0.396 e. The zero-order valence-corrected chi connectivity index (χ0v) is 10.2. The zero-order valence-electron chi connectivity index (χ0n) is 10.2. The fraction of sp³-hybridized carbons (Fsp3) is 1.00. The number of hydrogen-bond donors (Lipinski definition) is 1. The first kappa shape index (κ1) is 12.0. The van der Waals surface area contributed by atoms with Gasteiger partial charge in [-0.05, 0) is 48.9 Å². The van der Waals surface area contributed by atoms with Crippen molar-refractivity contribution in [3.8, 4) is 0 Å². The van der Waals surface area contributed by atoms with Crippen LogP contribution in [0.5, 0.6) is 0 Å². The van der Waals surface area contributed by atoms with Gasteiger partial charge in [-0.1, -0.05) is 27.7 Å².